The van der Waals surface area contributed by atoms with Crippen LogP contribution < -0.4 is 14.2 Å². The summed E-state index contributed by atoms with van der Waals surface area (Å²) in [6, 6.07) is 12.4. The molecule has 0 amide bonds. The standard InChI is InChI=1S/C23H27N5O4S/c1-5-16-7-10-20(31-4)21(13-16)33(29,30)27-15(3)22-25-26-23(28(22)6-2)32-18-9-8-17-11-12-24-19(17)14-18/h7-15,24,27H,5-6H2,1-4H3/t15-/m1/s1. The predicted octanol–water partition coefficient (Wildman–Crippen LogP) is 4.18. The van der Waals surface area contributed by atoms with E-state index in [4.69, 9.17) is 9.47 Å². The summed E-state index contributed by atoms with van der Waals surface area (Å²) in [5, 5.41) is 9.44. The Balaban J connectivity index is 1.60. The van der Waals surface area contributed by atoms with Gasteiger partial charge in [-0.3, -0.25) is 4.57 Å². The van der Waals surface area contributed by atoms with Crippen molar-refractivity contribution in [2.45, 2.75) is 44.7 Å². The molecule has 2 N–H and O–H groups in total. The molecule has 0 aliphatic heterocycles. The van der Waals surface area contributed by atoms with Crippen molar-refractivity contribution in [1.82, 2.24) is 24.5 Å². The molecule has 0 spiro atoms. The van der Waals surface area contributed by atoms with Gasteiger partial charge in [0.05, 0.1) is 13.2 Å². The van der Waals surface area contributed by atoms with E-state index in [1.165, 1.54) is 7.11 Å². The first-order valence-corrected chi connectivity index (χ1v) is 12.2. The van der Waals surface area contributed by atoms with Crippen LogP contribution in [0.25, 0.3) is 10.9 Å². The Bertz CT molecular complexity index is 1380. The van der Waals surface area contributed by atoms with Crippen LogP contribution in [-0.2, 0) is 23.0 Å². The number of hydrogen-bond donors (Lipinski definition) is 2. The number of aromatic amines is 1. The Kier molecular flexibility index (Phi) is 6.39. The van der Waals surface area contributed by atoms with E-state index in [0.717, 1.165) is 16.5 Å². The second kappa shape index (κ2) is 9.24. The first-order chi connectivity index (χ1) is 15.9. The average molecular weight is 470 g/mol. The number of nitrogens with one attached hydrogen (secondary N) is 2. The zero-order valence-corrected chi connectivity index (χ0v) is 19.8. The number of rotatable bonds is 9. The normalized spacial score (nSPS) is 12.7. The number of methoxy groups -OCH3 is 1. The fraction of sp³-hybridized carbons (Fsp3) is 0.304. The lowest BCUT2D eigenvalue weighted by Crippen LogP contribution is -2.29. The molecule has 0 saturated carbocycles. The summed E-state index contributed by atoms with van der Waals surface area (Å²) in [5.74, 6) is 1.34. The molecule has 0 fully saturated rings. The van der Waals surface area contributed by atoms with Gasteiger partial charge in [0.2, 0.25) is 10.0 Å². The maximum absolute atomic E-state index is 13.2. The van der Waals surface area contributed by atoms with Crippen molar-refractivity contribution >= 4 is 20.9 Å². The number of ether oxygens (including phenoxy) is 2. The average Bonchev–Trinajstić information content (AvgIpc) is 3.44. The fourth-order valence-electron chi connectivity index (χ4n) is 3.69. The highest BCUT2D eigenvalue weighted by atomic mass is 32.2. The molecule has 0 bridgehead atoms. The number of aryl methyl sites for hydroxylation is 1. The van der Waals surface area contributed by atoms with Crippen LogP contribution in [0, 0.1) is 0 Å². The van der Waals surface area contributed by atoms with Gasteiger partial charge in [0.25, 0.3) is 0 Å². The summed E-state index contributed by atoms with van der Waals surface area (Å²) in [6.07, 6.45) is 2.57. The molecule has 0 aliphatic carbocycles. The van der Waals surface area contributed by atoms with Crippen LogP contribution in [0.3, 0.4) is 0 Å². The van der Waals surface area contributed by atoms with Crippen molar-refractivity contribution in [1.29, 1.82) is 0 Å². The van der Waals surface area contributed by atoms with Crippen molar-refractivity contribution in [2.75, 3.05) is 7.11 Å². The smallest absolute Gasteiger partial charge is 0.322 e. The number of aromatic nitrogens is 4. The van der Waals surface area contributed by atoms with E-state index in [9.17, 15) is 8.42 Å². The monoisotopic (exact) mass is 469 g/mol. The van der Waals surface area contributed by atoms with Gasteiger partial charge in [-0.25, -0.2) is 13.1 Å². The van der Waals surface area contributed by atoms with E-state index in [1.807, 2.05) is 50.4 Å². The molecule has 0 radical (unpaired) electrons. The zero-order chi connectivity index (χ0) is 23.6. The van der Waals surface area contributed by atoms with E-state index in [0.29, 0.717) is 24.5 Å². The molecule has 0 unspecified atom stereocenters. The van der Waals surface area contributed by atoms with Crippen molar-refractivity contribution in [3.8, 4) is 17.5 Å². The number of sulfonamides is 1. The molecule has 10 heteroatoms. The Morgan fingerprint density at radius 2 is 1.94 bits per heavy atom. The van der Waals surface area contributed by atoms with Crippen molar-refractivity contribution in [2.24, 2.45) is 0 Å². The molecular weight excluding hydrogens is 442 g/mol. The van der Waals surface area contributed by atoms with Crippen LogP contribution in [0.4, 0.5) is 0 Å². The van der Waals surface area contributed by atoms with Gasteiger partial charge in [0.15, 0.2) is 5.82 Å². The van der Waals surface area contributed by atoms with Gasteiger partial charge < -0.3 is 14.5 Å². The lowest BCUT2D eigenvalue weighted by atomic mass is 10.2. The summed E-state index contributed by atoms with van der Waals surface area (Å²) >= 11 is 0. The third-order valence-electron chi connectivity index (χ3n) is 5.44. The second-order valence-electron chi connectivity index (χ2n) is 7.60. The third kappa shape index (κ3) is 4.57. The van der Waals surface area contributed by atoms with E-state index < -0.39 is 16.1 Å². The number of hydrogen-bond acceptors (Lipinski definition) is 6. The summed E-state index contributed by atoms with van der Waals surface area (Å²) in [5.41, 5.74) is 1.84. The summed E-state index contributed by atoms with van der Waals surface area (Å²) in [7, 11) is -2.43. The van der Waals surface area contributed by atoms with Crippen LogP contribution in [-0.4, -0.2) is 35.3 Å². The zero-order valence-electron chi connectivity index (χ0n) is 19.0. The molecular formula is C23H27N5O4S. The first kappa shape index (κ1) is 22.8. The van der Waals surface area contributed by atoms with E-state index >= 15 is 0 Å². The largest absolute Gasteiger partial charge is 0.495 e. The number of fused-ring (bicyclic) bond motifs is 1. The summed E-state index contributed by atoms with van der Waals surface area (Å²) in [6.45, 7) is 6.11. The maximum atomic E-state index is 13.2. The van der Waals surface area contributed by atoms with E-state index in [-0.39, 0.29) is 16.7 Å². The van der Waals surface area contributed by atoms with Crippen LogP contribution in [0.1, 0.15) is 38.2 Å². The van der Waals surface area contributed by atoms with Gasteiger partial charge in [0.1, 0.15) is 16.4 Å². The topological polar surface area (TPSA) is 111 Å². The fourth-order valence-corrected chi connectivity index (χ4v) is 5.11. The molecule has 2 heterocycles. The Hall–Kier alpha value is -3.37. The minimum atomic E-state index is -3.88. The predicted molar refractivity (Wildman–Crippen MR) is 125 cm³/mol. The van der Waals surface area contributed by atoms with Gasteiger partial charge in [0, 0.05) is 24.3 Å². The van der Waals surface area contributed by atoms with Crippen LogP contribution in [0.5, 0.6) is 17.5 Å². The second-order valence-corrected chi connectivity index (χ2v) is 9.28. The van der Waals surface area contributed by atoms with Gasteiger partial charge in [-0.2, -0.15) is 0 Å². The SMILES string of the molecule is CCc1ccc(OC)c(S(=O)(=O)N[C@H](C)c2nnc(Oc3ccc4cc[nH]c4c3)n2CC)c1. The van der Waals surface area contributed by atoms with E-state index in [2.05, 4.69) is 19.9 Å². The first-order valence-electron chi connectivity index (χ1n) is 10.7. The molecule has 2 aromatic heterocycles. The third-order valence-corrected chi connectivity index (χ3v) is 7.00. The van der Waals surface area contributed by atoms with Crippen molar-refractivity contribution in [3.63, 3.8) is 0 Å². The molecule has 2 aromatic carbocycles. The van der Waals surface area contributed by atoms with Gasteiger partial charge in [-0.15, -0.1) is 5.10 Å². The Labute approximate surface area is 192 Å². The van der Waals surface area contributed by atoms with Crippen LogP contribution in [0.2, 0.25) is 0 Å². The van der Waals surface area contributed by atoms with E-state index in [1.54, 1.807) is 23.6 Å². The van der Waals surface area contributed by atoms with Gasteiger partial charge >= 0.3 is 6.01 Å². The summed E-state index contributed by atoms with van der Waals surface area (Å²) in [4.78, 5) is 3.24. The highest BCUT2D eigenvalue weighted by Gasteiger charge is 2.26. The van der Waals surface area contributed by atoms with Crippen molar-refractivity contribution in [3.05, 3.63) is 60.0 Å². The molecule has 0 saturated heterocycles. The molecule has 33 heavy (non-hydrogen) atoms. The molecule has 4 rings (SSSR count). The highest BCUT2D eigenvalue weighted by molar-refractivity contribution is 7.89. The lowest BCUT2D eigenvalue weighted by molar-refractivity contribution is 0.401. The number of benzene rings is 2. The Morgan fingerprint density at radius 1 is 1.12 bits per heavy atom. The summed E-state index contributed by atoms with van der Waals surface area (Å²) < 4.78 is 42.0. The molecule has 174 valence electrons. The van der Waals surface area contributed by atoms with Crippen LogP contribution in [0.15, 0.2) is 53.6 Å². The minimum absolute atomic E-state index is 0.0921. The molecule has 0 aliphatic rings. The minimum Gasteiger partial charge on any atom is -0.495 e. The number of nitrogens with zero attached hydrogens (tertiary/aromatic N) is 3. The maximum Gasteiger partial charge on any atom is 0.322 e. The molecule has 4 aromatic rings. The van der Waals surface area contributed by atoms with Gasteiger partial charge in [-0.1, -0.05) is 18.1 Å². The molecule has 1 atom stereocenters. The number of H-pyrrole nitrogens is 1. The lowest BCUT2D eigenvalue weighted by Gasteiger charge is -2.17. The highest BCUT2D eigenvalue weighted by Crippen LogP contribution is 2.29. The van der Waals surface area contributed by atoms with Crippen molar-refractivity contribution < 1.29 is 17.9 Å². The quantitative estimate of drug-likeness (QED) is 0.380. The van der Waals surface area contributed by atoms with Crippen LogP contribution >= 0.6 is 0 Å². The molecule has 9 nitrogen and oxygen atoms in total. The Morgan fingerprint density at radius 3 is 2.67 bits per heavy atom. The van der Waals surface area contributed by atoms with Gasteiger partial charge in [-0.05, 0) is 61.5 Å².